The summed E-state index contributed by atoms with van der Waals surface area (Å²) in [5.74, 6) is 0. The monoisotopic (exact) mass is 154 g/mol. The molecule has 0 spiro atoms. The molecule has 2 aromatic heterocycles. The minimum absolute atomic E-state index is 0.338. The van der Waals surface area contributed by atoms with Crippen LogP contribution in [0.1, 0.15) is 0 Å². The Morgan fingerprint density at radius 3 is 2.64 bits per heavy atom. The molecule has 2 heterocycles. The van der Waals surface area contributed by atoms with E-state index >= 15 is 0 Å². The lowest BCUT2D eigenvalue weighted by molar-refractivity contribution is 0.391. The number of nitrogens with one attached hydrogen (secondary N) is 1. The molecule has 58 valence electrons. The summed E-state index contributed by atoms with van der Waals surface area (Å²) in [5.41, 5.74) is -0.338. The summed E-state index contributed by atoms with van der Waals surface area (Å²) in [6, 6.07) is 3.03. The van der Waals surface area contributed by atoms with Crippen molar-refractivity contribution < 1.29 is 9.05 Å². The molecule has 0 fully saturated rings. The highest BCUT2D eigenvalue weighted by Crippen LogP contribution is 1.72. The van der Waals surface area contributed by atoms with Gasteiger partial charge >= 0.3 is 5.63 Å². The van der Waals surface area contributed by atoms with Crippen LogP contribution in [0.3, 0.4) is 0 Å². The molecule has 2 aromatic rings. The van der Waals surface area contributed by atoms with E-state index in [0.717, 1.165) is 0 Å². The van der Waals surface area contributed by atoms with Gasteiger partial charge in [-0.15, -0.1) is 0 Å². The van der Waals surface area contributed by atoms with Crippen LogP contribution in [-0.4, -0.2) is 10.3 Å². The first-order valence-corrected chi connectivity index (χ1v) is 2.87. The van der Waals surface area contributed by atoms with Gasteiger partial charge in [0, 0.05) is 12.3 Å². The van der Waals surface area contributed by atoms with Crippen molar-refractivity contribution in [1.29, 1.82) is 0 Å². The minimum atomic E-state index is -0.338. The lowest BCUT2D eigenvalue weighted by Crippen LogP contribution is -1.84. The van der Waals surface area contributed by atoms with E-state index in [-0.39, 0.29) is 5.63 Å². The predicted molar refractivity (Wildman–Crippen MR) is 35.8 cm³/mol. The number of H-pyrrole nitrogens is 1. The number of nitrogens with zero attached hydrogens (tertiary/aromatic N) is 1. The maximum Gasteiger partial charge on any atom is 0.357 e. The Labute approximate surface area is 61.6 Å². The second-order valence-electron chi connectivity index (χ2n) is 1.56. The smallest absolute Gasteiger partial charge is 0.357 e. The maximum absolute atomic E-state index is 9.87. The molecule has 0 aliphatic heterocycles. The van der Waals surface area contributed by atoms with Gasteiger partial charge in [0.15, 0.2) is 0 Å². The molecular weight excluding hydrogens is 148 g/mol. The second-order valence-corrected chi connectivity index (χ2v) is 1.56. The number of hydrogen-bond donors (Lipinski definition) is 1. The second kappa shape index (κ2) is 4.10. The van der Waals surface area contributed by atoms with Gasteiger partial charge < -0.3 is 9.05 Å². The van der Waals surface area contributed by atoms with Gasteiger partial charge in [0.05, 0.1) is 6.20 Å². The lowest BCUT2D eigenvalue weighted by Gasteiger charge is -1.54. The number of rotatable bonds is 0. The Balaban J connectivity index is 0.000000112. The van der Waals surface area contributed by atoms with Crippen LogP contribution in [-0.2, 0) is 0 Å². The number of aromatic nitrogens is 2. The molecule has 0 saturated carbocycles. The fraction of sp³-hybridized carbons (Fsp3) is 0. The Kier molecular flexibility index (Phi) is 2.73. The van der Waals surface area contributed by atoms with Gasteiger partial charge in [-0.25, -0.2) is 9.95 Å². The quantitative estimate of drug-likeness (QED) is 0.604. The van der Waals surface area contributed by atoms with E-state index in [0.29, 0.717) is 0 Å². The average Bonchev–Trinajstić information content (AvgIpc) is 2.57. The van der Waals surface area contributed by atoms with Crippen LogP contribution in [0.25, 0.3) is 0 Å². The fourth-order valence-electron chi connectivity index (χ4n) is 0.404. The lowest BCUT2D eigenvalue weighted by atomic mass is 10.8. The van der Waals surface area contributed by atoms with Gasteiger partial charge in [-0.2, -0.15) is 0 Å². The summed E-state index contributed by atoms with van der Waals surface area (Å²) in [4.78, 5) is 9.87. The highest BCUT2D eigenvalue weighted by molar-refractivity contribution is 4.70. The van der Waals surface area contributed by atoms with Crippen LogP contribution in [0.2, 0.25) is 0 Å². The molecule has 0 unspecified atom stereocenters. The molecule has 0 amide bonds. The normalized spacial score (nSPS) is 8.36. The van der Waals surface area contributed by atoms with Crippen molar-refractivity contribution in [2.45, 2.75) is 0 Å². The Morgan fingerprint density at radius 2 is 2.45 bits per heavy atom. The molecular formula is C6H6N2O3. The van der Waals surface area contributed by atoms with Crippen molar-refractivity contribution >= 4 is 0 Å². The van der Waals surface area contributed by atoms with Crippen LogP contribution < -0.4 is 5.63 Å². The molecule has 0 radical (unpaired) electrons. The molecule has 0 bridgehead atoms. The first-order valence-electron chi connectivity index (χ1n) is 2.87. The summed E-state index contributed by atoms with van der Waals surface area (Å²) >= 11 is 0. The first kappa shape index (κ1) is 7.33. The Bertz CT molecular complexity index is 274. The van der Waals surface area contributed by atoms with Crippen LogP contribution in [0.4, 0.5) is 0 Å². The predicted octanol–water partition coefficient (Wildman–Crippen LogP) is 0.642. The molecule has 0 aromatic carbocycles. The first-order chi connectivity index (χ1) is 5.39. The minimum Gasteiger partial charge on any atom is -0.365 e. The standard InChI is InChI=1S/C3H3NO2.C3H3NO/c5-3-1-2-4-6-3;1-2-4-5-3-1/h1-2,4H;1-3H. The average molecular weight is 154 g/mol. The maximum atomic E-state index is 9.87. The van der Waals surface area contributed by atoms with Crippen LogP contribution in [0, 0.1) is 0 Å². The van der Waals surface area contributed by atoms with Crippen LogP contribution in [0.5, 0.6) is 0 Å². The van der Waals surface area contributed by atoms with Crippen LogP contribution in [0.15, 0.2) is 44.6 Å². The zero-order chi connectivity index (χ0) is 7.94. The van der Waals surface area contributed by atoms with Crippen molar-refractivity contribution in [3.8, 4) is 0 Å². The summed E-state index contributed by atoms with van der Waals surface area (Å²) in [6.07, 6.45) is 4.53. The summed E-state index contributed by atoms with van der Waals surface area (Å²) in [5, 5.41) is 5.59. The SMILES string of the molecule is O=c1cc[nH]o1.c1cnoc1. The zero-order valence-electron chi connectivity index (χ0n) is 5.56. The van der Waals surface area contributed by atoms with Gasteiger partial charge in [-0.05, 0) is 6.07 Å². The van der Waals surface area contributed by atoms with Crippen LogP contribution >= 0.6 is 0 Å². The van der Waals surface area contributed by atoms with Gasteiger partial charge in [-0.3, -0.25) is 0 Å². The third-order valence-electron chi connectivity index (χ3n) is 0.794. The van der Waals surface area contributed by atoms with Crippen molar-refractivity contribution in [3.05, 3.63) is 41.2 Å². The fourth-order valence-corrected chi connectivity index (χ4v) is 0.404. The van der Waals surface area contributed by atoms with E-state index in [4.69, 9.17) is 0 Å². The molecule has 1 N–H and O–H groups in total. The molecule has 0 atom stereocenters. The molecule has 0 aliphatic rings. The molecule has 5 heteroatoms. The molecule has 5 nitrogen and oxygen atoms in total. The summed E-state index contributed by atoms with van der Waals surface area (Å²) in [7, 11) is 0. The Morgan fingerprint density at radius 1 is 1.55 bits per heavy atom. The molecule has 0 saturated heterocycles. The van der Waals surface area contributed by atoms with Gasteiger partial charge in [0.2, 0.25) is 0 Å². The number of aromatic amines is 1. The van der Waals surface area contributed by atoms with E-state index in [2.05, 4.69) is 19.4 Å². The van der Waals surface area contributed by atoms with E-state index in [1.165, 1.54) is 18.5 Å². The van der Waals surface area contributed by atoms with Gasteiger partial charge in [0.25, 0.3) is 0 Å². The highest BCUT2D eigenvalue weighted by Gasteiger charge is 1.74. The van der Waals surface area contributed by atoms with E-state index in [1.54, 1.807) is 12.3 Å². The Hall–Kier alpha value is -1.78. The van der Waals surface area contributed by atoms with Crippen molar-refractivity contribution in [1.82, 2.24) is 10.3 Å². The highest BCUT2D eigenvalue weighted by atomic mass is 16.5. The van der Waals surface area contributed by atoms with Crippen molar-refractivity contribution in [2.24, 2.45) is 0 Å². The van der Waals surface area contributed by atoms with E-state index in [9.17, 15) is 4.79 Å². The van der Waals surface area contributed by atoms with E-state index < -0.39 is 0 Å². The summed E-state index contributed by atoms with van der Waals surface area (Å²) in [6.45, 7) is 0. The topological polar surface area (TPSA) is 72.0 Å². The van der Waals surface area contributed by atoms with Crippen molar-refractivity contribution in [3.63, 3.8) is 0 Å². The molecule has 2 rings (SSSR count). The van der Waals surface area contributed by atoms with Gasteiger partial charge in [0.1, 0.15) is 6.26 Å². The largest absolute Gasteiger partial charge is 0.365 e. The molecule has 11 heavy (non-hydrogen) atoms. The third kappa shape index (κ3) is 3.04. The van der Waals surface area contributed by atoms with E-state index in [1.807, 2.05) is 0 Å². The van der Waals surface area contributed by atoms with Crippen molar-refractivity contribution in [2.75, 3.05) is 0 Å². The number of hydrogen-bond acceptors (Lipinski definition) is 4. The third-order valence-corrected chi connectivity index (χ3v) is 0.794. The molecule has 0 aliphatic carbocycles. The van der Waals surface area contributed by atoms with Gasteiger partial charge in [-0.1, -0.05) is 5.16 Å². The zero-order valence-corrected chi connectivity index (χ0v) is 5.56. The summed E-state index contributed by atoms with van der Waals surface area (Å²) < 4.78 is 8.49.